The Labute approximate surface area is 206 Å². The molecule has 1 fully saturated rings. The molecule has 2 aromatic rings. The molecule has 1 saturated heterocycles. The first-order valence-corrected chi connectivity index (χ1v) is 11.7. The predicted octanol–water partition coefficient (Wildman–Crippen LogP) is 3.81. The van der Waals surface area contributed by atoms with Crippen LogP contribution in [0.5, 0.6) is 17.2 Å². The van der Waals surface area contributed by atoms with Gasteiger partial charge in [-0.15, -0.1) is 0 Å². The molecule has 0 saturated carbocycles. The first-order valence-electron chi connectivity index (χ1n) is 11.7. The van der Waals surface area contributed by atoms with Crippen molar-refractivity contribution in [3.05, 3.63) is 59.2 Å². The number of aromatic hydroxyl groups is 1. The molecule has 0 aromatic heterocycles. The van der Waals surface area contributed by atoms with Crippen LogP contribution in [-0.2, 0) is 9.59 Å². The van der Waals surface area contributed by atoms with E-state index >= 15 is 0 Å². The fraction of sp³-hybridized carbons (Fsp3) is 0.407. The Kier molecular flexibility index (Phi) is 8.40. The second-order valence-electron chi connectivity index (χ2n) is 9.31. The molecule has 8 nitrogen and oxygen atoms in total. The van der Waals surface area contributed by atoms with Crippen LogP contribution in [0.25, 0.3) is 5.76 Å². The van der Waals surface area contributed by atoms with Crippen LogP contribution in [0, 0.1) is 5.92 Å². The largest absolute Gasteiger partial charge is 0.507 e. The molecule has 1 heterocycles. The number of phenols is 1. The molecule has 1 amide bonds. The summed E-state index contributed by atoms with van der Waals surface area (Å²) >= 11 is 0. The van der Waals surface area contributed by atoms with Crippen molar-refractivity contribution in [1.29, 1.82) is 0 Å². The number of hydrogen-bond donors (Lipinski definition) is 2. The van der Waals surface area contributed by atoms with E-state index in [2.05, 4.69) is 13.8 Å². The third kappa shape index (κ3) is 5.95. The lowest BCUT2D eigenvalue weighted by atomic mass is 9.95. The molecule has 1 atom stereocenters. The highest BCUT2D eigenvalue weighted by atomic mass is 16.5. The van der Waals surface area contributed by atoms with Gasteiger partial charge in [-0.25, -0.2) is 0 Å². The van der Waals surface area contributed by atoms with Crippen molar-refractivity contribution in [3.8, 4) is 17.2 Å². The van der Waals surface area contributed by atoms with Gasteiger partial charge in [-0.05, 0) is 74.9 Å². The van der Waals surface area contributed by atoms with E-state index < -0.39 is 17.7 Å². The molecule has 2 aromatic carbocycles. The van der Waals surface area contributed by atoms with E-state index in [4.69, 9.17) is 9.47 Å². The van der Waals surface area contributed by atoms with Gasteiger partial charge in [-0.1, -0.05) is 19.9 Å². The predicted molar refractivity (Wildman–Crippen MR) is 134 cm³/mol. The summed E-state index contributed by atoms with van der Waals surface area (Å²) in [6, 6.07) is 10.6. The van der Waals surface area contributed by atoms with Gasteiger partial charge >= 0.3 is 0 Å². The van der Waals surface area contributed by atoms with Gasteiger partial charge in [0.1, 0.15) is 11.5 Å². The van der Waals surface area contributed by atoms with Crippen LogP contribution in [0.1, 0.15) is 37.4 Å². The average Bonchev–Trinajstić information content (AvgIpc) is 3.07. The molecule has 8 heteroatoms. The second kappa shape index (κ2) is 11.3. The van der Waals surface area contributed by atoms with Crippen LogP contribution >= 0.6 is 0 Å². The van der Waals surface area contributed by atoms with E-state index in [1.165, 1.54) is 18.1 Å². The van der Waals surface area contributed by atoms with E-state index in [1.807, 2.05) is 19.0 Å². The maximum absolute atomic E-state index is 13.2. The summed E-state index contributed by atoms with van der Waals surface area (Å²) < 4.78 is 10.9. The quantitative estimate of drug-likeness (QED) is 0.302. The number of methoxy groups -OCH3 is 1. The number of aliphatic hydroxyl groups excluding tert-OH is 1. The SMILES string of the molecule is COc1cc([C@@H]2/C(=C(\O)c3ccc(OCC(C)C)cc3)C(=O)C(=O)N2CCCN(C)C)ccc1O. The zero-order valence-electron chi connectivity index (χ0n) is 20.9. The molecule has 1 aliphatic rings. The number of likely N-dealkylation sites (tertiary alicyclic amines) is 1. The minimum Gasteiger partial charge on any atom is -0.507 e. The number of phenolic OH excluding ortho intramolecular Hbond substituents is 1. The number of ketones is 1. The molecular formula is C27H34N2O6. The highest BCUT2D eigenvalue weighted by molar-refractivity contribution is 6.46. The van der Waals surface area contributed by atoms with E-state index in [0.717, 1.165) is 6.54 Å². The number of ether oxygens (including phenoxy) is 2. The number of carbonyl (C=O) groups is 2. The summed E-state index contributed by atoms with van der Waals surface area (Å²) in [6.07, 6.45) is 0.646. The molecule has 0 spiro atoms. The third-order valence-corrected chi connectivity index (χ3v) is 5.77. The monoisotopic (exact) mass is 482 g/mol. The topological polar surface area (TPSA) is 99.5 Å². The summed E-state index contributed by atoms with van der Waals surface area (Å²) in [5.74, 6) is -0.492. The van der Waals surface area contributed by atoms with Gasteiger partial charge < -0.3 is 29.5 Å². The first kappa shape index (κ1) is 26.1. The maximum Gasteiger partial charge on any atom is 0.295 e. The zero-order valence-corrected chi connectivity index (χ0v) is 20.9. The van der Waals surface area contributed by atoms with Crippen molar-refractivity contribution in [3.63, 3.8) is 0 Å². The Hall–Kier alpha value is -3.52. The van der Waals surface area contributed by atoms with Gasteiger partial charge in [0.05, 0.1) is 25.3 Å². The first-order chi connectivity index (χ1) is 16.6. The van der Waals surface area contributed by atoms with Crippen molar-refractivity contribution in [2.75, 3.05) is 40.9 Å². The van der Waals surface area contributed by atoms with E-state index in [-0.39, 0.29) is 22.8 Å². The van der Waals surface area contributed by atoms with Gasteiger partial charge in [0.2, 0.25) is 0 Å². The summed E-state index contributed by atoms with van der Waals surface area (Å²) in [5.41, 5.74) is 0.967. The van der Waals surface area contributed by atoms with Crippen LogP contribution in [0.4, 0.5) is 0 Å². The van der Waals surface area contributed by atoms with Crippen LogP contribution in [-0.4, -0.2) is 72.6 Å². The van der Waals surface area contributed by atoms with Crippen LogP contribution in [0.3, 0.4) is 0 Å². The summed E-state index contributed by atoms with van der Waals surface area (Å²) in [7, 11) is 5.30. The van der Waals surface area contributed by atoms with Crippen LogP contribution < -0.4 is 9.47 Å². The highest BCUT2D eigenvalue weighted by Crippen LogP contribution is 2.41. The van der Waals surface area contributed by atoms with Gasteiger partial charge in [0.25, 0.3) is 11.7 Å². The molecule has 3 rings (SSSR count). The molecule has 2 N–H and O–H groups in total. The van der Waals surface area contributed by atoms with Crippen molar-refractivity contribution in [2.24, 2.45) is 5.92 Å². The Morgan fingerprint density at radius 3 is 2.40 bits per heavy atom. The Bertz CT molecular complexity index is 1090. The number of amides is 1. The van der Waals surface area contributed by atoms with Gasteiger partial charge in [0, 0.05) is 12.1 Å². The Morgan fingerprint density at radius 1 is 1.11 bits per heavy atom. The summed E-state index contributed by atoms with van der Waals surface area (Å²) in [6.45, 7) is 5.72. The molecule has 35 heavy (non-hydrogen) atoms. The second-order valence-corrected chi connectivity index (χ2v) is 9.31. The molecule has 0 radical (unpaired) electrons. The molecular weight excluding hydrogens is 448 g/mol. The number of nitrogens with zero attached hydrogens (tertiary/aromatic N) is 2. The maximum atomic E-state index is 13.2. The fourth-order valence-electron chi connectivity index (χ4n) is 4.01. The fourth-order valence-corrected chi connectivity index (χ4v) is 4.01. The highest BCUT2D eigenvalue weighted by Gasteiger charge is 2.46. The van der Waals surface area contributed by atoms with E-state index in [9.17, 15) is 19.8 Å². The van der Waals surface area contributed by atoms with Gasteiger partial charge in [-0.2, -0.15) is 0 Å². The van der Waals surface area contributed by atoms with Crippen LogP contribution in [0.2, 0.25) is 0 Å². The van der Waals surface area contributed by atoms with Crippen LogP contribution in [0.15, 0.2) is 48.0 Å². The van der Waals surface area contributed by atoms with Crippen molar-refractivity contribution in [2.45, 2.75) is 26.3 Å². The minimum absolute atomic E-state index is 0.00319. The van der Waals surface area contributed by atoms with E-state index in [0.29, 0.717) is 42.4 Å². The van der Waals surface area contributed by atoms with Crippen molar-refractivity contribution >= 4 is 17.4 Å². The molecule has 0 aliphatic carbocycles. The van der Waals surface area contributed by atoms with Gasteiger partial charge in [-0.3, -0.25) is 9.59 Å². The number of benzene rings is 2. The number of aliphatic hydroxyl groups is 1. The van der Waals surface area contributed by atoms with E-state index in [1.54, 1.807) is 36.4 Å². The lowest BCUT2D eigenvalue weighted by Gasteiger charge is -2.26. The number of carbonyl (C=O) groups excluding carboxylic acids is 2. The Morgan fingerprint density at radius 2 is 1.80 bits per heavy atom. The lowest BCUT2D eigenvalue weighted by molar-refractivity contribution is -0.139. The smallest absolute Gasteiger partial charge is 0.295 e. The van der Waals surface area contributed by atoms with Crippen molar-refractivity contribution in [1.82, 2.24) is 9.80 Å². The summed E-state index contributed by atoms with van der Waals surface area (Å²) in [4.78, 5) is 29.7. The standard InChI is InChI=1S/C27H34N2O6/c1-17(2)16-35-20-10-7-18(8-11-20)25(31)23-24(19-9-12-21(30)22(15-19)34-5)29(27(33)26(23)32)14-6-13-28(3)4/h7-12,15,17,24,30-31H,6,13-14,16H2,1-5H3/b25-23+/t24-/m1/s1. The molecule has 188 valence electrons. The normalized spacial score (nSPS) is 17.5. The Balaban J connectivity index is 2.04. The molecule has 1 aliphatic heterocycles. The number of hydrogen-bond acceptors (Lipinski definition) is 7. The number of Topliss-reactive ketones (excluding diaryl/α,β-unsaturated/α-hetero) is 1. The average molecular weight is 483 g/mol. The molecule has 0 bridgehead atoms. The molecule has 0 unspecified atom stereocenters. The third-order valence-electron chi connectivity index (χ3n) is 5.77. The van der Waals surface area contributed by atoms with Gasteiger partial charge in [0.15, 0.2) is 11.5 Å². The van der Waals surface area contributed by atoms with Crippen molar-refractivity contribution < 1.29 is 29.3 Å². The zero-order chi connectivity index (χ0) is 25.7. The summed E-state index contributed by atoms with van der Waals surface area (Å²) in [5, 5.41) is 21.3. The minimum atomic E-state index is -0.816. The number of rotatable bonds is 10. The lowest BCUT2D eigenvalue weighted by Crippen LogP contribution is -2.32.